The lowest BCUT2D eigenvalue weighted by atomic mass is 9.77. The molecule has 0 bridgehead atoms. The van der Waals surface area contributed by atoms with Gasteiger partial charge in [-0.2, -0.15) is 5.26 Å². The number of thioether (sulfide) groups is 1. The standard InChI is InChI=1S/C30H30Cl2N2O2S/c1-30(2,3)19-14-12-18(13-15-19)24(35)11-6-16-37-29-21(17-33)26(20-7-4-8-22(31)28(20)32)27-23(34-29)9-5-10-25(27)36/h4,7-8,12-15,26,34H,5-6,9-11,16H2,1-3H3/t26-/m1/s1. The van der Waals surface area contributed by atoms with Crippen molar-refractivity contribution in [1.82, 2.24) is 5.32 Å². The van der Waals surface area contributed by atoms with Crippen molar-refractivity contribution in [3.05, 3.63) is 91.1 Å². The van der Waals surface area contributed by atoms with E-state index in [1.54, 1.807) is 12.1 Å². The number of allylic oxidation sites excluding steroid dienone is 3. The third-order valence-electron chi connectivity index (χ3n) is 6.82. The van der Waals surface area contributed by atoms with Crippen LogP contribution in [0.3, 0.4) is 0 Å². The van der Waals surface area contributed by atoms with Gasteiger partial charge in [-0.05, 0) is 47.6 Å². The molecule has 37 heavy (non-hydrogen) atoms. The molecule has 1 atom stereocenters. The maximum atomic E-state index is 13.0. The number of Topliss-reactive ketones (excluding diaryl/α,β-unsaturated/α-hetero) is 2. The second kappa shape index (κ2) is 11.5. The second-order valence-corrected chi connectivity index (χ2v) is 12.3. The third kappa shape index (κ3) is 5.98. The number of halogens is 2. The molecule has 4 nitrogen and oxygen atoms in total. The normalized spacial score (nSPS) is 17.8. The van der Waals surface area contributed by atoms with E-state index in [1.807, 2.05) is 30.3 Å². The maximum absolute atomic E-state index is 13.0. The number of hydrogen-bond donors (Lipinski definition) is 1. The van der Waals surface area contributed by atoms with Gasteiger partial charge in [0.2, 0.25) is 0 Å². The highest BCUT2D eigenvalue weighted by molar-refractivity contribution is 8.03. The number of carbonyl (C=O) groups is 2. The fourth-order valence-corrected chi connectivity index (χ4v) is 6.22. The third-order valence-corrected chi connectivity index (χ3v) is 8.76. The minimum absolute atomic E-state index is 0.0367. The van der Waals surface area contributed by atoms with Gasteiger partial charge in [-0.15, -0.1) is 11.8 Å². The molecule has 192 valence electrons. The van der Waals surface area contributed by atoms with Gasteiger partial charge < -0.3 is 5.32 Å². The van der Waals surface area contributed by atoms with Crippen LogP contribution >= 0.6 is 35.0 Å². The quantitative estimate of drug-likeness (QED) is 0.277. The van der Waals surface area contributed by atoms with Crippen LogP contribution in [0.2, 0.25) is 10.0 Å². The molecule has 0 saturated carbocycles. The Morgan fingerprint density at radius 1 is 1.14 bits per heavy atom. The molecule has 0 radical (unpaired) electrons. The molecule has 0 spiro atoms. The van der Waals surface area contributed by atoms with Crippen molar-refractivity contribution >= 4 is 46.5 Å². The van der Waals surface area contributed by atoms with Gasteiger partial charge in [0.15, 0.2) is 11.6 Å². The van der Waals surface area contributed by atoms with Crippen LogP contribution in [-0.4, -0.2) is 17.3 Å². The van der Waals surface area contributed by atoms with Crippen LogP contribution in [0.4, 0.5) is 0 Å². The average molecular weight is 554 g/mol. The van der Waals surface area contributed by atoms with E-state index in [0.717, 1.165) is 29.1 Å². The predicted octanol–water partition coefficient (Wildman–Crippen LogP) is 8.12. The van der Waals surface area contributed by atoms with Crippen LogP contribution in [0.15, 0.2) is 64.3 Å². The summed E-state index contributed by atoms with van der Waals surface area (Å²) >= 11 is 14.4. The van der Waals surface area contributed by atoms with Crippen LogP contribution in [0, 0.1) is 11.3 Å². The van der Waals surface area contributed by atoms with Gasteiger partial charge in [0, 0.05) is 29.7 Å². The fourth-order valence-electron chi connectivity index (χ4n) is 4.80. The summed E-state index contributed by atoms with van der Waals surface area (Å²) in [5.41, 5.74) is 4.57. The highest BCUT2D eigenvalue weighted by atomic mass is 35.5. The van der Waals surface area contributed by atoms with E-state index in [-0.39, 0.29) is 17.0 Å². The summed E-state index contributed by atoms with van der Waals surface area (Å²) < 4.78 is 0. The molecule has 1 aliphatic carbocycles. The van der Waals surface area contributed by atoms with Crippen molar-refractivity contribution < 1.29 is 9.59 Å². The Labute approximate surface area is 233 Å². The maximum Gasteiger partial charge on any atom is 0.162 e. The first-order chi connectivity index (χ1) is 17.6. The van der Waals surface area contributed by atoms with Gasteiger partial charge in [0.25, 0.3) is 0 Å². The summed E-state index contributed by atoms with van der Waals surface area (Å²) in [6, 6.07) is 15.5. The Balaban J connectivity index is 1.50. The molecule has 7 heteroatoms. The molecule has 0 aromatic heterocycles. The Morgan fingerprint density at radius 2 is 1.86 bits per heavy atom. The average Bonchev–Trinajstić information content (AvgIpc) is 2.87. The van der Waals surface area contributed by atoms with Crippen LogP contribution in [-0.2, 0) is 10.2 Å². The number of rotatable bonds is 7. The van der Waals surface area contributed by atoms with Gasteiger partial charge in [0.05, 0.1) is 32.6 Å². The topological polar surface area (TPSA) is 70.0 Å². The Hall–Kier alpha value is -2.52. The molecule has 1 heterocycles. The fraction of sp³-hybridized carbons (Fsp3) is 0.367. The molecular weight excluding hydrogens is 523 g/mol. The number of hydrogen-bond acceptors (Lipinski definition) is 5. The van der Waals surface area contributed by atoms with Gasteiger partial charge in [-0.3, -0.25) is 9.59 Å². The van der Waals surface area contributed by atoms with Crippen LogP contribution in [0.25, 0.3) is 0 Å². The molecule has 2 aromatic carbocycles. The summed E-state index contributed by atoms with van der Waals surface area (Å²) in [5.74, 6) is 0.255. The predicted molar refractivity (Wildman–Crippen MR) is 152 cm³/mol. The number of dihydropyridines is 1. The highest BCUT2D eigenvalue weighted by Crippen LogP contribution is 2.46. The van der Waals surface area contributed by atoms with Crippen LogP contribution in [0.5, 0.6) is 0 Å². The number of nitrogens with zero attached hydrogens (tertiary/aromatic N) is 1. The minimum Gasteiger partial charge on any atom is -0.352 e. The first-order valence-corrected chi connectivity index (χ1v) is 14.2. The number of carbonyl (C=O) groups excluding carboxylic acids is 2. The van der Waals surface area contributed by atoms with Crippen LogP contribution in [0.1, 0.15) is 80.3 Å². The van der Waals surface area contributed by atoms with E-state index in [4.69, 9.17) is 23.2 Å². The Morgan fingerprint density at radius 3 is 2.54 bits per heavy atom. The van der Waals surface area contributed by atoms with Gasteiger partial charge in [0.1, 0.15) is 0 Å². The van der Waals surface area contributed by atoms with E-state index >= 15 is 0 Å². The lowest BCUT2D eigenvalue weighted by molar-refractivity contribution is -0.116. The van der Waals surface area contributed by atoms with E-state index < -0.39 is 5.92 Å². The Bertz CT molecular complexity index is 1330. The van der Waals surface area contributed by atoms with Gasteiger partial charge in [-0.25, -0.2) is 0 Å². The Kier molecular flexibility index (Phi) is 8.53. The molecule has 0 saturated heterocycles. The van der Waals surface area contributed by atoms with Crippen molar-refractivity contribution in [2.45, 2.75) is 64.2 Å². The summed E-state index contributed by atoms with van der Waals surface area (Å²) in [6.07, 6.45) is 3.05. The molecule has 0 unspecified atom stereocenters. The smallest absolute Gasteiger partial charge is 0.162 e. The summed E-state index contributed by atoms with van der Waals surface area (Å²) in [5, 5.41) is 15.0. The molecule has 2 aliphatic rings. The lowest BCUT2D eigenvalue weighted by Crippen LogP contribution is -2.31. The largest absolute Gasteiger partial charge is 0.352 e. The van der Waals surface area contributed by atoms with E-state index in [2.05, 4.69) is 32.2 Å². The van der Waals surface area contributed by atoms with E-state index in [0.29, 0.717) is 51.8 Å². The summed E-state index contributed by atoms with van der Waals surface area (Å²) in [6.45, 7) is 6.45. The zero-order valence-corrected chi connectivity index (χ0v) is 23.6. The monoisotopic (exact) mass is 552 g/mol. The van der Waals surface area contributed by atoms with Gasteiger partial charge >= 0.3 is 0 Å². The van der Waals surface area contributed by atoms with Crippen molar-refractivity contribution in [1.29, 1.82) is 5.26 Å². The first-order valence-electron chi connectivity index (χ1n) is 12.5. The number of nitriles is 1. The zero-order valence-electron chi connectivity index (χ0n) is 21.3. The number of ketones is 2. The van der Waals surface area contributed by atoms with Crippen LogP contribution < -0.4 is 5.32 Å². The number of benzene rings is 2. The summed E-state index contributed by atoms with van der Waals surface area (Å²) in [7, 11) is 0. The summed E-state index contributed by atoms with van der Waals surface area (Å²) in [4.78, 5) is 25.7. The molecule has 0 fully saturated rings. The molecule has 0 amide bonds. The van der Waals surface area contributed by atoms with Gasteiger partial charge in [-0.1, -0.05) is 80.4 Å². The molecule has 4 rings (SSSR count). The van der Waals surface area contributed by atoms with E-state index in [9.17, 15) is 14.9 Å². The zero-order chi connectivity index (χ0) is 26.7. The van der Waals surface area contributed by atoms with Crippen molar-refractivity contribution in [3.63, 3.8) is 0 Å². The SMILES string of the molecule is CC(C)(C)c1ccc(C(=O)CCCSC2=C(C#N)[C@@H](c3cccc(Cl)c3Cl)C3=C(CCCC3=O)N2)cc1. The van der Waals surface area contributed by atoms with Crippen molar-refractivity contribution in [2.24, 2.45) is 0 Å². The van der Waals surface area contributed by atoms with Crippen molar-refractivity contribution in [3.8, 4) is 6.07 Å². The van der Waals surface area contributed by atoms with Crippen molar-refractivity contribution in [2.75, 3.05) is 5.75 Å². The lowest BCUT2D eigenvalue weighted by Gasteiger charge is -2.33. The number of nitrogens with one attached hydrogen (secondary N) is 1. The molecule has 1 N–H and O–H groups in total. The highest BCUT2D eigenvalue weighted by Gasteiger charge is 2.38. The molecule has 2 aromatic rings. The second-order valence-electron chi connectivity index (χ2n) is 10.4. The minimum atomic E-state index is -0.550. The molecular formula is C30H30Cl2N2O2S. The van der Waals surface area contributed by atoms with E-state index in [1.165, 1.54) is 17.3 Å². The molecule has 1 aliphatic heterocycles. The first kappa shape index (κ1) is 27.5.